The molecule has 1 aromatic heterocycles. The Morgan fingerprint density at radius 1 is 0.935 bits per heavy atom. The minimum atomic E-state index is -0.378. The monoisotopic (exact) mass is 432 g/mol. The molecule has 7 heteroatoms. The number of amides is 2. The third kappa shape index (κ3) is 3.37. The number of carbonyl (C=O) groups excluding carboxylic acids is 2. The number of aryl methyl sites for hydroxylation is 2. The van der Waals surface area contributed by atoms with Crippen molar-refractivity contribution in [2.45, 2.75) is 13.8 Å². The fraction of sp³-hybridized carbons (Fsp3) is 0.167. The van der Waals surface area contributed by atoms with Gasteiger partial charge in [-0.25, -0.2) is 4.90 Å². The van der Waals surface area contributed by atoms with Gasteiger partial charge in [-0.1, -0.05) is 18.2 Å². The average Bonchev–Trinajstić information content (AvgIpc) is 3.37. The molecule has 0 aliphatic carbocycles. The highest BCUT2D eigenvalue weighted by molar-refractivity contribution is 7.11. The van der Waals surface area contributed by atoms with Crippen LogP contribution in [0.5, 0.6) is 11.5 Å². The molecule has 6 nitrogen and oxygen atoms in total. The summed E-state index contributed by atoms with van der Waals surface area (Å²) in [5.74, 6) is 0.561. The summed E-state index contributed by atoms with van der Waals surface area (Å²) in [6, 6.07) is 14.9. The molecule has 156 valence electrons. The van der Waals surface area contributed by atoms with Crippen molar-refractivity contribution in [2.75, 3.05) is 23.4 Å². The van der Waals surface area contributed by atoms with Gasteiger partial charge in [-0.15, -0.1) is 11.3 Å². The first-order valence-corrected chi connectivity index (χ1v) is 10.8. The number of anilines is 2. The highest BCUT2D eigenvalue weighted by atomic mass is 32.1. The maximum Gasteiger partial charge on any atom is 0.282 e. The summed E-state index contributed by atoms with van der Waals surface area (Å²) >= 11 is 1.43. The summed E-state index contributed by atoms with van der Waals surface area (Å²) < 4.78 is 11.2. The third-order valence-corrected chi connectivity index (χ3v) is 6.16. The average molecular weight is 433 g/mol. The number of thiophene rings is 1. The second kappa shape index (κ2) is 7.59. The van der Waals surface area contributed by atoms with Crippen LogP contribution < -0.4 is 19.7 Å². The molecular formula is C24H20N2O4S. The quantitative estimate of drug-likeness (QED) is 0.614. The molecule has 1 N–H and O–H groups in total. The standard InChI is InChI=1S/C24H20N2O4S/c1-14-5-6-15(2)17(12-14)26-23(27)21(20-4-3-11-31-20)22(24(26)28)25-16-7-8-18-19(13-16)30-10-9-29-18/h3-8,11-13,25H,9-10H2,1-2H3. The van der Waals surface area contributed by atoms with E-state index in [0.717, 1.165) is 16.0 Å². The van der Waals surface area contributed by atoms with E-state index >= 15 is 0 Å². The predicted octanol–water partition coefficient (Wildman–Crippen LogP) is 4.53. The van der Waals surface area contributed by atoms with Crippen LogP contribution >= 0.6 is 11.3 Å². The van der Waals surface area contributed by atoms with E-state index in [1.54, 1.807) is 12.1 Å². The number of carbonyl (C=O) groups is 2. The van der Waals surface area contributed by atoms with Crippen LogP contribution in [0.15, 0.2) is 59.6 Å². The van der Waals surface area contributed by atoms with Gasteiger partial charge in [0.1, 0.15) is 18.9 Å². The van der Waals surface area contributed by atoms with E-state index in [1.165, 1.54) is 16.2 Å². The summed E-state index contributed by atoms with van der Waals surface area (Å²) in [6.07, 6.45) is 0. The molecule has 0 spiro atoms. The molecule has 3 heterocycles. The Labute approximate surface area is 183 Å². The Morgan fingerprint density at radius 2 is 1.74 bits per heavy atom. The molecule has 0 saturated heterocycles. The smallest absolute Gasteiger partial charge is 0.282 e. The van der Waals surface area contributed by atoms with Crippen LogP contribution in [0.4, 0.5) is 11.4 Å². The molecule has 31 heavy (non-hydrogen) atoms. The van der Waals surface area contributed by atoms with Gasteiger partial charge in [0.25, 0.3) is 11.8 Å². The minimum absolute atomic E-state index is 0.255. The molecule has 2 amide bonds. The van der Waals surface area contributed by atoms with E-state index in [1.807, 2.05) is 55.6 Å². The summed E-state index contributed by atoms with van der Waals surface area (Å²) in [5.41, 5.74) is 3.71. The third-order valence-electron chi connectivity index (χ3n) is 5.27. The molecule has 3 aromatic rings. The number of fused-ring (bicyclic) bond motifs is 1. The van der Waals surface area contributed by atoms with Crippen molar-refractivity contribution in [2.24, 2.45) is 0 Å². The van der Waals surface area contributed by atoms with Gasteiger partial charge in [-0.05, 0) is 54.6 Å². The second-order valence-corrected chi connectivity index (χ2v) is 8.39. The molecule has 0 atom stereocenters. The van der Waals surface area contributed by atoms with Gasteiger partial charge in [0.15, 0.2) is 11.5 Å². The number of nitrogens with zero attached hydrogens (tertiary/aromatic N) is 1. The molecule has 5 rings (SSSR count). The van der Waals surface area contributed by atoms with Crippen LogP contribution in [0.25, 0.3) is 5.57 Å². The zero-order chi connectivity index (χ0) is 21.5. The lowest BCUT2D eigenvalue weighted by Gasteiger charge is -2.20. The molecule has 0 unspecified atom stereocenters. The van der Waals surface area contributed by atoms with Crippen molar-refractivity contribution in [3.8, 4) is 11.5 Å². The van der Waals surface area contributed by atoms with Crippen LogP contribution in [0.3, 0.4) is 0 Å². The number of benzene rings is 2. The zero-order valence-corrected chi connectivity index (χ0v) is 17.9. The highest BCUT2D eigenvalue weighted by Crippen LogP contribution is 2.38. The number of nitrogens with one attached hydrogen (secondary N) is 1. The van der Waals surface area contributed by atoms with Crippen molar-refractivity contribution in [1.29, 1.82) is 0 Å². The topological polar surface area (TPSA) is 67.9 Å². The maximum atomic E-state index is 13.5. The van der Waals surface area contributed by atoms with Gasteiger partial charge in [0.05, 0.1) is 11.3 Å². The lowest BCUT2D eigenvalue weighted by Crippen LogP contribution is -2.33. The van der Waals surface area contributed by atoms with E-state index in [2.05, 4.69) is 5.32 Å². The normalized spacial score (nSPS) is 15.6. The van der Waals surface area contributed by atoms with Crippen LogP contribution in [-0.4, -0.2) is 25.0 Å². The van der Waals surface area contributed by atoms with Crippen LogP contribution in [-0.2, 0) is 9.59 Å². The molecule has 2 aromatic carbocycles. The van der Waals surface area contributed by atoms with Gasteiger partial charge < -0.3 is 14.8 Å². The van der Waals surface area contributed by atoms with Crippen molar-refractivity contribution in [1.82, 2.24) is 0 Å². The molecule has 0 fully saturated rings. The van der Waals surface area contributed by atoms with Gasteiger partial charge in [-0.3, -0.25) is 9.59 Å². The predicted molar refractivity (Wildman–Crippen MR) is 121 cm³/mol. The van der Waals surface area contributed by atoms with Gasteiger partial charge in [0.2, 0.25) is 0 Å². The van der Waals surface area contributed by atoms with Gasteiger partial charge in [0, 0.05) is 16.6 Å². The molecule has 2 aliphatic heterocycles. The molecule has 0 bridgehead atoms. The number of hydrogen-bond acceptors (Lipinski definition) is 6. The molecule has 0 radical (unpaired) electrons. The Balaban J connectivity index is 1.58. The summed E-state index contributed by atoms with van der Waals surface area (Å²) in [4.78, 5) is 29.0. The summed E-state index contributed by atoms with van der Waals surface area (Å²) in [6.45, 7) is 4.81. The Morgan fingerprint density at radius 3 is 2.52 bits per heavy atom. The van der Waals surface area contributed by atoms with E-state index in [0.29, 0.717) is 41.7 Å². The fourth-order valence-corrected chi connectivity index (χ4v) is 4.51. The lowest BCUT2D eigenvalue weighted by atomic mass is 10.1. The number of imide groups is 1. The number of rotatable bonds is 4. The second-order valence-electron chi connectivity index (χ2n) is 7.45. The van der Waals surface area contributed by atoms with Crippen LogP contribution in [0, 0.1) is 13.8 Å². The Kier molecular flexibility index (Phi) is 4.75. The minimum Gasteiger partial charge on any atom is -0.486 e. The van der Waals surface area contributed by atoms with Crippen molar-refractivity contribution < 1.29 is 19.1 Å². The van der Waals surface area contributed by atoms with E-state index in [9.17, 15) is 9.59 Å². The Bertz CT molecular complexity index is 1230. The van der Waals surface area contributed by atoms with Crippen molar-refractivity contribution in [3.63, 3.8) is 0 Å². The maximum absolute atomic E-state index is 13.5. The van der Waals surface area contributed by atoms with E-state index in [4.69, 9.17) is 9.47 Å². The molecule has 0 saturated carbocycles. The lowest BCUT2D eigenvalue weighted by molar-refractivity contribution is -0.120. The van der Waals surface area contributed by atoms with Crippen LogP contribution in [0.1, 0.15) is 16.0 Å². The van der Waals surface area contributed by atoms with Crippen LogP contribution in [0.2, 0.25) is 0 Å². The van der Waals surface area contributed by atoms with Gasteiger partial charge >= 0.3 is 0 Å². The van der Waals surface area contributed by atoms with Crippen molar-refractivity contribution >= 4 is 40.1 Å². The number of hydrogen-bond donors (Lipinski definition) is 1. The SMILES string of the molecule is Cc1ccc(C)c(N2C(=O)C(Nc3ccc4c(c3)OCCO4)=C(c3cccs3)C2=O)c1. The van der Waals surface area contributed by atoms with E-state index in [-0.39, 0.29) is 17.5 Å². The van der Waals surface area contributed by atoms with Crippen molar-refractivity contribution in [3.05, 3.63) is 75.6 Å². The largest absolute Gasteiger partial charge is 0.486 e. The number of ether oxygens (including phenoxy) is 2. The van der Waals surface area contributed by atoms with E-state index < -0.39 is 0 Å². The van der Waals surface area contributed by atoms with Gasteiger partial charge in [-0.2, -0.15) is 0 Å². The Hall–Kier alpha value is -3.58. The fourth-order valence-electron chi connectivity index (χ4n) is 3.74. The highest BCUT2D eigenvalue weighted by Gasteiger charge is 2.41. The first-order chi connectivity index (χ1) is 15.0. The summed E-state index contributed by atoms with van der Waals surface area (Å²) in [7, 11) is 0. The zero-order valence-electron chi connectivity index (χ0n) is 17.1. The molecule has 2 aliphatic rings. The first kappa shape index (κ1) is 19.4. The first-order valence-electron chi connectivity index (χ1n) is 9.94. The molecular weight excluding hydrogens is 412 g/mol. The summed E-state index contributed by atoms with van der Waals surface area (Å²) in [5, 5.41) is 5.07.